The first kappa shape index (κ1) is 10.9. The molecule has 78 valence electrons. The highest BCUT2D eigenvalue weighted by Crippen LogP contribution is 2.30. The van der Waals surface area contributed by atoms with Gasteiger partial charge in [-0.25, -0.2) is 12.7 Å². The lowest BCUT2D eigenvalue weighted by molar-refractivity contribution is 0.171. The summed E-state index contributed by atoms with van der Waals surface area (Å²) in [6.45, 7) is 1.78. The fraction of sp³-hybridized carbons (Fsp3) is 1.00. The molecular weight excluding hydrogens is 190 g/mol. The van der Waals surface area contributed by atoms with Crippen LogP contribution in [0.1, 0.15) is 19.8 Å². The fourth-order valence-electron chi connectivity index (χ4n) is 1.20. The predicted molar refractivity (Wildman–Crippen MR) is 50.8 cm³/mol. The van der Waals surface area contributed by atoms with E-state index in [9.17, 15) is 8.42 Å². The van der Waals surface area contributed by atoms with E-state index in [1.54, 1.807) is 6.92 Å². The third-order valence-electron chi connectivity index (χ3n) is 2.14. The van der Waals surface area contributed by atoms with Crippen molar-refractivity contribution < 1.29 is 13.5 Å². The lowest BCUT2D eigenvalue weighted by atomic mass is 10.4. The van der Waals surface area contributed by atoms with Crippen LogP contribution in [-0.4, -0.2) is 43.3 Å². The summed E-state index contributed by atoms with van der Waals surface area (Å²) < 4.78 is 24.3. The zero-order valence-corrected chi connectivity index (χ0v) is 8.92. The molecule has 0 heterocycles. The number of likely N-dealkylation sites (N-methyl/N-ethyl adjacent to an activating group) is 1. The van der Waals surface area contributed by atoms with Crippen molar-refractivity contribution in [3.05, 3.63) is 0 Å². The van der Waals surface area contributed by atoms with Crippen LogP contribution >= 0.6 is 0 Å². The predicted octanol–water partition coefficient (Wildman–Crippen LogP) is 0.0388. The van der Waals surface area contributed by atoms with Crippen molar-refractivity contribution >= 4 is 10.0 Å². The SMILES string of the molecule is CC(O)CN(C)S(=O)(=O)CC1CC1. The average molecular weight is 207 g/mol. The zero-order valence-electron chi connectivity index (χ0n) is 8.10. The molecule has 1 rings (SSSR count). The molecule has 13 heavy (non-hydrogen) atoms. The van der Waals surface area contributed by atoms with Crippen LogP contribution in [0, 0.1) is 5.92 Å². The summed E-state index contributed by atoms with van der Waals surface area (Å²) in [5, 5.41) is 9.03. The van der Waals surface area contributed by atoms with Crippen LogP contribution in [0.4, 0.5) is 0 Å². The smallest absolute Gasteiger partial charge is 0.214 e. The molecule has 4 nitrogen and oxygen atoms in total. The van der Waals surface area contributed by atoms with E-state index < -0.39 is 16.1 Å². The molecule has 1 aliphatic carbocycles. The minimum Gasteiger partial charge on any atom is -0.392 e. The summed E-state index contributed by atoms with van der Waals surface area (Å²) in [5.74, 6) is 0.609. The Hall–Kier alpha value is -0.130. The van der Waals surface area contributed by atoms with Gasteiger partial charge in [0.1, 0.15) is 0 Å². The Morgan fingerprint density at radius 2 is 2.08 bits per heavy atom. The highest BCUT2D eigenvalue weighted by atomic mass is 32.2. The average Bonchev–Trinajstić information content (AvgIpc) is 2.69. The second kappa shape index (κ2) is 3.94. The Morgan fingerprint density at radius 1 is 1.54 bits per heavy atom. The molecule has 0 aromatic rings. The normalized spacial score (nSPS) is 20.6. The second-order valence-corrected chi connectivity index (χ2v) is 5.97. The number of hydrogen-bond acceptors (Lipinski definition) is 3. The van der Waals surface area contributed by atoms with Gasteiger partial charge >= 0.3 is 0 Å². The summed E-state index contributed by atoms with van der Waals surface area (Å²) in [4.78, 5) is 0. The van der Waals surface area contributed by atoms with Crippen molar-refractivity contribution in [2.75, 3.05) is 19.3 Å². The van der Waals surface area contributed by atoms with Gasteiger partial charge in [0.05, 0.1) is 11.9 Å². The molecule has 0 aromatic heterocycles. The van der Waals surface area contributed by atoms with Crippen molar-refractivity contribution in [2.45, 2.75) is 25.9 Å². The van der Waals surface area contributed by atoms with E-state index in [0.29, 0.717) is 5.92 Å². The van der Waals surface area contributed by atoms with Gasteiger partial charge in [-0.05, 0) is 25.7 Å². The third-order valence-corrected chi connectivity index (χ3v) is 4.13. The fourth-order valence-corrected chi connectivity index (χ4v) is 2.82. The first-order valence-corrected chi connectivity index (χ1v) is 6.15. The highest BCUT2D eigenvalue weighted by molar-refractivity contribution is 7.89. The van der Waals surface area contributed by atoms with E-state index in [2.05, 4.69) is 0 Å². The van der Waals surface area contributed by atoms with Crippen LogP contribution in [-0.2, 0) is 10.0 Å². The van der Waals surface area contributed by atoms with Gasteiger partial charge in [-0.1, -0.05) is 0 Å². The van der Waals surface area contributed by atoms with E-state index in [1.165, 1.54) is 11.4 Å². The molecular formula is C8H17NO3S. The monoisotopic (exact) mass is 207 g/mol. The zero-order chi connectivity index (χ0) is 10.1. The Bertz CT molecular complexity index is 257. The number of rotatable bonds is 5. The van der Waals surface area contributed by atoms with Gasteiger partial charge in [0.25, 0.3) is 0 Å². The Morgan fingerprint density at radius 3 is 2.46 bits per heavy atom. The summed E-state index contributed by atoms with van der Waals surface area (Å²) in [7, 11) is -1.60. The largest absolute Gasteiger partial charge is 0.392 e. The van der Waals surface area contributed by atoms with Gasteiger partial charge in [0, 0.05) is 13.6 Å². The molecule has 0 aliphatic heterocycles. The maximum absolute atomic E-state index is 11.5. The Labute approximate surface area is 79.6 Å². The van der Waals surface area contributed by atoms with Gasteiger partial charge in [0.15, 0.2) is 0 Å². The standard InChI is InChI=1S/C8H17NO3S/c1-7(10)5-9(2)13(11,12)6-8-3-4-8/h7-8,10H,3-6H2,1-2H3. The number of aliphatic hydroxyl groups excluding tert-OH is 1. The van der Waals surface area contributed by atoms with Gasteiger partial charge in [-0.2, -0.15) is 0 Å². The number of aliphatic hydroxyl groups is 1. The van der Waals surface area contributed by atoms with E-state index in [1.807, 2.05) is 0 Å². The minimum absolute atomic E-state index is 0.190. The minimum atomic E-state index is -3.12. The van der Waals surface area contributed by atoms with Crippen molar-refractivity contribution in [3.8, 4) is 0 Å². The number of sulfonamides is 1. The van der Waals surface area contributed by atoms with E-state index in [-0.39, 0.29) is 12.3 Å². The Balaban J connectivity index is 2.46. The van der Waals surface area contributed by atoms with E-state index in [4.69, 9.17) is 5.11 Å². The van der Waals surface area contributed by atoms with Crippen LogP contribution in [0.2, 0.25) is 0 Å². The maximum Gasteiger partial charge on any atom is 0.214 e. The molecule has 1 aliphatic rings. The van der Waals surface area contributed by atoms with Crippen LogP contribution in [0.5, 0.6) is 0 Å². The molecule has 1 atom stereocenters. The topological polar surface area (TPSA) is 57.6 Å². The van der Waals surface area contributed by atoms with E-state index >= 15 is 0 Å². The first-order valence-electron chi connectivity index (χ1n) is 4.54. The quantitative estimate of drug-likeness (QED) is 0.692. The molecule has 1 fully saturated rings. The summed E-state index contributed by atoms with van der Waals surface area (Å²) in [6.07, 6.45) is 1.46. The third kappa shape index (κ3) is 3.62. The van der Waals surface area contributed by atoms with Crippen LogP contribution < -0.4 is 0 Å². The lowest BCUT2D eigenvalue weighted by Gasteiger charge is -2.18. The van der Waals surface area contributed by atoms with Gasteiger partial charge in [-0.15, -0.1) is 0 Å². The lowest BCUT2D eigenvalue weighted by Crippen LogP contribution is -2.35. The van der Waals surface area contributed by atoms with Gasteiger partial charge < -0.3 is 5.11 Å². The van der Waals surface area contributed by atoms with Crippen LogP contribution in [0.25, 0.3) is 0 Å². The van der Waals surface area contributed by atoms with Gasteiger partial charge in [0.2, 0.25) is 10.0 Å². The van der Waals surface area contributed by atoms with Gasteiger partial charge in [-0.3, -0.25) is 0 Å². The van der Waals surface area contributed by atoms with Crippen molar-refractivity contribution in [3.63, 3.8) is 0 Å². The summed E-state index contributed by atoms with van der Waals surface area (Å²) in [5.41, 5.74) is 0. The molecule has 0 spiro atoms. The molecule has 0 radical (unpaired) electrons. The highest BCUT2D eigenvalue weighted by Gasteiger charge is 2.30. The molecule has 0 amide bonds. The van der Waals surface area contributed by atoms with Crippen molar-refractivity contribution in [2.24, 2.45) is 5.92 Å². The number of nitrogens with zero attached hydrogens (tertiary/aromatic N) is 1. The molecule has 5 heteroatoms. The van der Waals surface area contributed by atoms with Crippen molar-refractivity contribution in [1.29, 1.82) is 0 Å². The molecule has 0 aromatic carbocycles. The Kier molecular flexibility index (Phi) is 3.32. The molecule has 1 saturated carbocycles. The maximum atomic E-state index is 11.5. The summed E-state index contributed by atoms with van der Waals surface area (Å²) >= 11 is 0. The van der Waals surface area contributed by atoms with Crippen LogP contribution in [0.3, 0.4) is 0 Å². The molecule has 0 saturated heterocycles. The van der Waals surface area contributed by atoms with Crippen molar-refractivity contribution in [1.82, 2.24) is 4.31 Å². The van der Waals surface area contributed by atoms with E-state index in [0.717, 1.165) is 12.8 Å². The second-order valence-electron chi connectivity index (χ2n) is 3.85. The molecule has 1 unspecified atom stereocenters. The molecule has 1 N–H and O–H groups in total. The summed E-state index contributed by atoms with van der Waals surface area (Å²) in [6, 6.07) is 0. The first-order chi connectivity index (χ1) is 5.92. The van der Waals surface area contributed by atoms with Crippen LogP contribution in [0.15, 0.2) is 0 Å². The number of hydrogen-bond donors (Lipinski definition) is 1. The molecule has 0 bridgehead atoms.